The second-order valence-corrected chi connectivity index (χ2v) is 5.78. The number of hydrogen-bond donors (Lipinski definition) is 0. The van der Waals surface area contributed by atoms with Crippen LogP contribution in [0.1, 0.15) is 17.0 Å². The van der Waals surface area contributed by atoms with Gasteiger partial charge in [-0.05, 0) is 26.0 Å². The minimum absolute atomic E-state index is 0.418. The van der Waals surface area contributed by atoms with E-state index < -0.39 is 0 Å². The Morgan fingerprint density at radius 3 is 2.71 bits per heavy atom. The Morgan fingerprint density at radius 2 is 2.00 bits per heavy atom. The van der Waals surface area contributed by atoms with Crippen molar-refractivity contribution in [1.82, 2.24) is 15.4 Å². The Hall–Kier alpha value is -1.79. The fourth-order valence-electron chi connectivity index (χ4n) is 1.85. The summed E-state index contributed by atoms with van der Waals surface area (Å²) in [6.45, 7) is 3.80. The van der Waals surface area contributed by atoms with Gasteiger partial charge in [-0.25, -0.2) is 0 Å². The van der Waals surface area contributed by atoms with Gasteiger partial charge in [-0.3, -0.25) is 0 Å². The summed E-state index contributed by atoms with van der Waals surface area (Å²) in [5, 5.41) is 13.1. The molecule has 5 nitrogen and oxygen atoms in total. The molecule has 0 aliphatic rings. The lowest BCUT2D eigenvalue weighted by Gasteiger charge is -1.97. The summed E-state index contributed by atoms with van der Waals surface area (Å²) in [6, 6.07) is 7.37. The average molecular weight is 322 g/mol. The summed E-state index contributed by atoms with van der Waals surface area (Å²) in [4.78, 5) is 0. The van der Waals surface area contributed by atoms with E-state index in [9.17, 15) is 0 Å². The quantitative estimate of drug-likeness (QED) is 0.668. The van der Waals surface area contributed by atoms with E-state index in [0.717, 1.165) is 22.6 Å². The summed E-state index contributed by atoms with van der Waals surface area (Å²) >= 11 is 7.56. The lowest BCUT2D eigenvalue weighted by Crippen LogP contribution is -1.84. The van der Waals surface area contributed by atoms with Gasteiger partial charge in [0.15, 0.2) is 0 Å². The highest BCUT2D eigenvalue weighted by atomic mass is 35.5. The molecule has 0 saturated carbocycles. The van der Waals surface area contributed by atoms with E-state index in [1.165, 1.54) is 11.8 Å². The van der Waals surface area contributed by atoms with E-state index in [0.29, 0.717) is 21.9 Å². The molecule has 0 amide bonds. The summed E-state index contributed by atoms with van der Waals surface area (Å²) in [6.07, 6.45) is 0. The van der Waals surface area contributed by atoms with Crippen LogP contribution in [-0.4, -0.2) is 15.4 Å². The molecule has 2 heterocycles. The highest BCUT2D eigenvalue weighted by molar-refractivity contribution is 7.98. The molecule has 0 aliphatic heterocycles. The zero-order valence-corrected chi connectivity index (χ0v) is 13.0. The SMILES string of the molecule is Cc1noc(C)c1CSc1nnc(-c2ccccc2Cl)o1. The van der Waals surface area contributed by atoms with E-state index in [1.54, 1.807) is 6.07 Å². The first-order valence-corrected chi connectivity index (χ1v) is 7.64. The molecule has 2 aromatic heterocycles. The van der Waals surface area contributed by atoms with Gasteiger partial charge in [0.05, 0.1) is 16.3 Å². The fraction of sp³-hybridized carbons (Fsp3) is 0.214. The van der Waals surface area contributed by atoms with Gasteiger partial charge in [0.25, 0.3) is 5.22 Å². The van der Waals surface area contributed by atoms with E-state index in [4.69, 9.17) is 20.5 Å². The standard InChI is InChI=1S/C14H12ClN3O2S/c1-8-11(9(2)20-18-8)7-21-14-17-16-13(19-14)10-5-3-4-6-12(10)15/h3-6H,7H2,1-2H3. The van der Waals surface area contributed by atoms with Crippen LogP contribution in [0.2, 0.25) is 5.02 Å². The first-order chi connectivity index (χ1) is 10.1. The molecule has 1 aromatic carbocycles. The molecule has 0 fully saturated rings. The highest BCUT2D eigenvalue weighted by Crippen LogP contribution is 2.30. The zero-order chi connectivity index (χ0) is 14.8. The van der Waals surface area contributed by atoms with Gasteiger partial charge in [-0.2, -0.15) is 0 Å². The first-order valence-electron chi connectivity index (χ1n) is 6.28. The minimum Gasteiger partial charge on any atom is -0.411 e. The molecular formula is C14H12ClN3O2S. The van der Waals surface area contributed by atoms with Gasteiger partial charge < -0.3 is 8.94 Å². The van der Waals surface area contributed by atoms with Crippen LogP contribution in [-0.2, 0) is 5.75 Å². The number of benzene rings is 1. The van der Waals surface area contributed by atoms with Crippen LogP contribution < -0.4 is 0 Å². The number of hydrogen-bond acceptors (Lipinski definition) is 6. The summed E-state index contributed by atoms with van der Waals surface area (Å²) in [5.74, 6) is 1.90. The Bertz CT molecular complexity index is 750. The van der Waals surface area contributed by atoms with Crippen LogP contribution in [0.4, 0.5) is 0 Å². The normalized spacial score (nSPS) is 11.0. The van der Waals surface area contributed by atoms with E-state index >= 15 is 0 Å². The van der Waals surface area contributed by atoms with Gasteiger partial charge in [0, 0.05) is 11.3 Å². The number of nitrogens with zero attached hydrogens (tertiary/aromatic N) is 3. The predicted molar refractivity (Wildman–Crippen MR) is 80.3 cm³/mol. The van der Waals surface area contributed by atoms with Crippen molar-refractivity contribution in [3.05, 3.63) is 46.3 Å². The van der Waals surface area contributed by atoms with Gasteiger partial charge in [-0.15, -0.1) is 10.2 Å². The van der Waals surface area contributed by atoms with Crippen molar-refractivity contribution in [2.24, 2.45) is 0 Å². The molecule has 0 spiro atoms. The van der Waals surface area contributed by atoms with Gasteiger partial charge in [0.2, 0.25) is 5.89 Å². The minimum atomic E-state index is 0.418. The third-order valence-corrected chi connectivity index (χ3v) is 4.21. The van der Waals surface area contributed by atoms with Crippen molar-refractivity contribution in [3.63, 3.8) is 0 Å². The van der Waals surface area contributed by atoms with Crippen molar-refractivity contribution in [2.75, 3.05) is 0 Å². The Kier molecular flexibility index (Phi) is 3.98. The second kappa shape index (κ2) is 5.91. The maximum atomic E-state index is 6.11. The van der Waals surface area contributed by atoms with Crippen LogP contribution in [0.5, 0.6) is 0 Å². The van der Waals surface area contributed by atoms with Crippen molar-refractivity contribution in [1.29, 1.82) is 0 Å². The molecule has 0 saturated heterocycles. The number of rotatable bonds is 4. The molecule has 108 valence electrons. The molecule has 0 atom stereocenters. The smallest absolute Gasteiger partial charge is 0.277 e. The lowest BCUT2D eigenvalue weighted by molar-refractivity contribution is 0.392. The summed E-state index contributed by atoms with van der Waals surface area (Å²) in [5.41, 5.74) is 2.67. The molecular weight excluding hydrogens is 310 g/mol. The van der Waals surface area contributed by atoms with Gasteiger partial charge in [-0.1, -0.05) is 40.7 Å². The molecule has 21 heavy (non-hydrogen) atoms. The number of thioether (sulfide) groups is 1. The van der Waals surface area contributed by atoms with Crippen LogP contribution in [0.25, 0.3) is 11.5 Å². The Labute approximate surface area is 130 Å². The second-order valence-electron chi connectivity index (χ2n) is 4.44. The predicted octanol–water partition coefficient (Wildman–Crippen LogP) is 4.29. The van der Waals surface area contributed by atoms with Crippen LogP contribution >= 0.6 is 23.4 Å². The van der Waals surface area contributed by atoms with Crippen molar-refractivity contribution < 1.29 is 8.94 Å². The Balaban J connectivity index is 1.76. The number of halogens is 1. The third kappa shape index (κ3) is 2.96. The van der Waals surface area contributed by atoms with Crippen molar-refractivity contribution >= 4 is 23.4 Å². The van der Waals surface area contributed by atoms with Crippen molar-refractivity contribution in [2.45, 2.75) is 24.8 Å². The molecule has 0 aliphatic carbocycles. The monoisotopic (exact) mass is 321 g/mol. The van der Waals surface area contributed by atoms with Crippen LogP contribution in [0.15, 0.2) is 38.4 Å². The molecule has 3 aromatic rings. The fourth-order valence-corrected chi connectivity index (χ4v) is 2.99. The highest BCUT2D eigenvalue weighted by Gasteiger charge is 2.14. The third-order valence-electron chi connectivity index (χ3n) is 3.03. The largest absolute Gasteiger partial charge is 0.411 e. The Morgan fingerprint density at radius 1 is 1.19 bits per heavy atom. The van der Waals surface area contributed by atoms with Gasteiger partial charge >= 0.3 is 0 Å². The molecule has 7 heteroatoms. The van der Waals surface area contributed by atoms with Crippen LogP contribution in [0.3, 0.4) is 0 Å². The molecule has 3 rings (SSSR count). The van der Waals surface area contributed by atoms with E-state index in [-0.39, 0.29) is 0 Å². The van der Waals surface area contributed by atoms with Gasteiger partial charge in [0.1, 0.15) is 5.76 Å². The maximum Gasteiger partial charge on any atom is 0.277 e. The maximum absolute atomic E-state index is 6.11. The molecule has 0 bridgehead atoms. The van der Waals surface area contributed by atoms with E-state index in [2.05, 4.69) is 15.4 Å². The van der Waals surface area contributed by atoms with E-state index in [1.807, 2.05) is 32.0 Å². The van der Waals surface area contributed by atoms with Crippen LogP contribution in [0, 0.1) is 13.8 Å². The number of aromatic nitrogens is 3. The summed E-state index contributed by atoms with van der Waals surface area (Å²) in [7, 11) is 0. The molecule has 0 radical (unpaired) electrons. The molecule has 0 unspecified atom stereocenters. The zero-order valence-electron chi connectivity index (χ0n) is 11.5. The lowest BCUT2D eigenvalue weighted by atomic mass is 10.2. The average Bonchev–Trinajstić information content (AvgIpc) is 3.05. The van der Waals surface area contributed by atoms with Crippen molar-refractivity contribution in [3.8, 4) is 11.5 Å². The topological polar surface area (TPSA) is 65.0 Å². The first kappa shape index (κ1) is 14.2. The summed E-state index contributed by atoms with van der Waals surface area (Å²) < 4.78 is 10.8. The number of aryl methyl sites for hydroxylation is 2. The molecule has 0 N–H and O–H groups in total.